The van der Waals surface area contributed by atoms with Crippen LogP contribution >= 0.6 is 0 Å². The van der Waals surface area contributed by atoms with Crippen LogP contribution in [0.4, 0.5) is 5.69 Å². The van der Waals surface area contributed by atoms with Crippen molar-refractivity contribution in [3.8, 4) is 0 Å². The SMILES string of the molecule is OC1CCNCC1c1ccc(N2CCOCC2)cc1. The van der Waals surface area contributed by atoms with Crippen molar-refractivity contribution >= 4 is 5.69 Å². The lowest BCUT2D eigenvalue weighted by atomic mass is 9.89. The zero-order valence-electron chi connectivity index (χ0n) is 11.2. The highest BCUT2D eigenvalue weighted by Crippen LogP contribution is 2.26. The normalized spacial score (nSPS) is 28.4. The molecule has 2 fully saturated rings. The van der Waals surface area contributed by atoms with Crippen LogP contribution in [-0.2, 0) is 4.74 Å². The predicted octanol–water partition coefficient (Wildman–Crippen LogP) is 0.961. The standard InChI is InChI=1S/C15H22N2O2/c18-15-5-6-16-11-14(15)12-1-3-13(4-2-12)17-7-9-19-10-8-17/h1-4,14-16,18H,5-11H2. The van der Waals surface area contributed by atoms with Gasteiger partial charge in [-0.2, -0.15) is 0 Å². The summed E-state index contributed by atoms with van der Waals surface area (Å²) in [4.78, 5) is 2.35. The van der Waals surface area contributed by atoms with Crippen LogP contribution in [-0.4, -0.2) is 50.6 Å². The van der Waals surface area contributed by atoms with E-state index in [9.17, 15) is 5.11 Å². The molecular formula is C15H22N2O2. The summed E-state index contributed by atoms with van der Waals surface area (Å²) in [5, 5.41) is 13.4. The number of hydrogen-bond donors (Lipinski definition) is 2. The zero-order chi connectivity index (χ0) is 13.1. The maximum atomic E-state index is 10.1. The molecule has 2 aliphatic rings. The van der Waals surface area contributed by atoms with Crippen molar-refractivity contribution in [2.75, 3.05) is 44.3 Å². The maximum absolute atomic E-state index is 10.1. The first-order valence-corrected chi connectivity index (χ1v) is 7.16. The van der Waals surface area contributed by atoms with E-state index >= 15 is 0 Å². The molecule has 0 aliphatic carbocycles. The van der Waals surface area contributed by atoms with Crippen LogP contribution in [0.1, 0.15) is 17.9 Å². The number of nitrogens with one attached hydrogen (secondary N) is 1. The zero-order valence-corrected chi connectivity index (χ0v) is 11.2. The summed E-state index contributed by atoms with van der Waals surface area (Å²) in [5.41, 5.74) is 2.49. The van der Waals surface area contributed by atoms with E-state index in [-0.39, 0.29) is 12.0 Å². The summed E-state index contributed by atoms with van der Waals surface area (Å²) in [6, 6.07) is 8.65. The largest absolute Gasteiger partial charge is 0.392 e. The Bertz CT molecular complexity index is 401. The van der Waals surface area contributed by atoms with E-state index in [1.807, 2.05) is 0 Å². The number of ether oxygens (including phenoxy) is 1. The fourth-order valence-electron chi connectivity index (χ4n) is 2.94. The van der Waals surface area contributed by atoms with Crippen LogP contribution in [0, 0.1) is 0 Å². The van der Waals surface area contributed by atoms with Crippen molar-refractivity contribution in [3.63, 3.8) is 0 Å². The molecule has 104 valence electrons. The first-order chi connectivity index (χ1) is 9.34. The second kappa shape index (κ2) is 5.90. The van der Waals surface area contributed by atoms with Gasteiger partial charge in [0.1, 0.15) is 0 Å². The van der Waals surface area contributed by atoms with E-state index in [2.05, 4.69) is 34.5 Å². The minimum Gasteiger partial charge on any atom is -0.392 e. The Kier molecular flexibility index (Phi) is 4.01. The molecule has 1 aromatic carbocycles. The highest BCUT2D eigenvalue weighted by molar-refractivity contribution is 5.48. The minimum atomic E-state index is -0.213. The van der Waals surface area contributed by atoms with Crippen LogP contribution in [0.25, 0.3) is 0 Å². The van der Waals surface area contributed by atoms with Crippen molar-refractivity contribution in [3.05, 3.63) is 29.8 Å². The van der Waals surface area contributed by atoms with Gasteiger partial charge in [0.05, 0.1) is 19.3 Å². The molecule has 0 aromatic heterocycles. The number of piperidine rings is 1. The molecule has 19 heavy (non-hydrogen) atoms. The average molecular weight is 262 g/mol. The predicted molar refractivity (Wildman–Crippen MR) is 75.7 cm³/mol. The van der Waals surface area contributed by atoms with Crippen LogP contribution in [0.3, 0.4) is 0 Å². The number of aliphatic hydroxyl groups is 1. The van der Waals surface area contributed by atoms with E-state index in [1.165, 1.54) is 11.3 Å². The molecule has 2 saturated heterocycles. The summed E-state index contributed by atoms with van der Waals surface area (Å²) in [5.74, 6) is 0.229. The van der Waals surface area contributed by atoms with Gasteiger partial charge in [-0.05, 0) is 30.7 Å². The Balaban J connectivity index is 1.70. The fraction of sp³-hybridized carbons (Fsp3) is 0.600. The van der Waals surface area contributed by atoms with Crippen molar-refractivity contribution in [2.45, 2.75) is 18.4 Å². The summed E-state index contributed by atoms with van der Waals surface area (Å²) >= 11 is 0. The smallest absolute Gasteiger partial charge is 0.0642 e. The fourth-order valence-corrected chi connectivity index (χ4v) is 2.94. The van der Waals surface area contributed by atoms with Crippen LogP contribution in [0.5, 0.6) is 0 Å². The Morgan fingerprint density at radius 2 is 1.89 bits per heavy atom. The number of anilines is 1. The number of aliphatic hydroxyl groups excluding tert-OH is 1. The molecule has 0 spiro atoms. The molecule has 0 radical (unpaired) electrons. The van der Waals surface area contributed by atoms with E-state index in [0.717, 1.165) is 45.8 Å². The third-order valence-corrected chi connectivity index (χ3v) is 4.14. The molecule has 2 aliphatic heterocycles. The van der Waals surface area contributed by atoms with Gasteiger partial charge in [0.2, 0.25) is 0 Å². The Morgan fingerprint density at radius 1 is 1.16 bits per heavy atom. The molecule has 4 heteroatoms. The topological polar surface area (TPSA) is 44.7 Å². The van der Waals surface area contributed by atoms with Gasteiger partial charge in [-0.15, -0.1) is 0 Å². The number of hydrogen-bond acceptors (Lipinski definition) is 4. The van der Waals surface area contributed by atoms with Gasteiger partial charge in [0.25, 0.3) is 0 Å². The number of morpholine rings is 1. The van der Waals surface area contributed by atoms with E-state index in [4.69, 9.17) is 4.74 Å². The molecule has 0 saturated carbocycles. The number of rotatable bonds is 2. The molecule has 3 rings (SSSR count). The molecule has 4 nitrogen and oxygen atoms in total. The molecular weight excluding hydrogens is 240 g/mol. The van der Waals surface area contributed by atoms with Crippen molar-refractivity contribution in [2.24, 2.45) is 0 Å². The Labute approximate surface area is 114 Å². The molecule has 2 heterocycles. The average Bonchev–Trinajstić information content (AvgIpc) is 2.49. The third-order valence-electron chi connectivity index (χ3n) is 4.14. The Morgan fingerprint density at radius 3 is 2.58 bits per heavy atom. The first kappa shape index (κ1) is 12.9. The quantitative estimate of drug-likeness (QED) is 0.833. The lowest BCUT2D eigenvalue weighted by Gasteiger charge is -2.31. The van der Waals surface area contributed by atoms with Gasteiger partial charge in [-0.25, -0.2) is 0 Å². The van der Waals surface area contributed by atoms with Gasteiger partial charge >= 0.3 is 0 Å². The summed E-state index contributed by atoms with van der Waals surface area (Å²) in [7, 11) is 0. The van der Waals surface area contributed by atoms with E-state index in [0.29, 0.717) is 0 Å². The lowest BCUT2D eigenvalue weighted by Crippen LogP contribution is -2.38. The Hall–Kier alpha value is -1.10. The highest BCUT2D eigenvalue weighted by atomic mass is 16.5. The lowest BCUT2D eigenvalue weighted by molar-refractivity contribution is 0.114. The summed E-state index contributed by atoms with van der Waals surface area (Å²) < 4.78 is 5.37. The first-order valence-electron chi connectivity index (χ1n) is 7.16. The van der Waals surface area contributed by atoms with Crippen molar-refractivity contribution < 1.29 is 9.84 Å². The minimum absolute atomic E-state index is 0.213. The molecule has 0 bridgehead atoms. The van der Waals surface area contributed by atoms with Gasteiger partial charge in [-0.3, -0.25) is 0 Å². The molecule has 2 N–H and O–H groups in total. The van der Waals surface area contributed by atoms with Gasteiger partial charge in [-0.1, -0.05) is 12.1 Å². The molecule has 0 amide bonds. The molecule has 2 atom stereocenters. The highest BCUT2D eigenvalue weighted by Gasteiger charge is 2.24. The van der Waals surface area contributed by atoms with Crippen LogP contribution < -0.4 is 10.2 Å². The second-order valence-corrected chi connectivity index (χ2v) is 5.36. The molecule has 1 aromatic rings. The van der Waals surface area contributed by atoms with Crippen LogP contribution in [0.15, 0.2) is 24.3 Å². The van der Waals surface area contributed by atoms with Gasteiger partial charge in [0, 0.05) is 31.2 Å². The summed E-state index contributed by atoms with van der Waals surface area (Å²) in [6.45, 7) is 5.35. The maximum Gasteiger partial charge on any atom is 0.0642 e. The van der Waals surface area contributed by atoms with Crippen LogP contribution in [0.2, 0.25) is 0 Å². The van der Waals surface area contributed by atoms with Crippen molar-refractivity contribution in [1.29, 1.82) is 0 Å². The second-order valence-electron chi connectivity index (χ2n) is 5.36. The number of nitrogens with zero attached hydrogens (tertiary/aromatic N) is 1. The van der Waals surface area contributed by atoms with Gasteiger partial charge in [0.15, 0.2) is 0 Å². The third kappa shape index (κ3) is 2.91. The summed E-state index contributed by atoms with van der Waals surface area (Å²) in [6.07, 6.45) is 0.631. The molecule has 2 unspecified atom stereocenters. The van der Waals surface area contributed by atoms with E-state index < -0.39 is 0 Å². The number of benzene rings is 1. The van der Waals surface area contributed by atoms with E-state index in [1.54, 1.807) is 0 Å². The van der Waals surface area contributed by atoms with Gasteiger partial charge < -0.3 is 20.1 Å². The monoisotopic (exact) mass is 262 g/mol. The van der Waals surface area contributed by atoms with Crippen molar-refractivity contribution in [1.82, 2.24) is 5.32 Å².